The van der Waals surface area contributed by atoms with Crippen LogP contribution in [-0.4, -0.2) is 32.6 Å². The molecule has 1 amide bonds. The highest BCUT2D eigenvalue weighted by Crippen LogP contribution is 2.21. The molecule has 1 aromatic carbocycles. The van der Waals surface area contributed by atoms with Crippen molar-refractivity contribution in [2.45, 2.75) is 18.9 Å². The van der Waals surface area contributed by atoms with Gasteiger partial charge in [-0.3, -0.25) is 4.79 Å². The van der Waals surface area contributed by atoms with Gasteiger partial charge in [0.05, 0.1) is 5.56 Å². The van der Waals surface area contributed by atoms with E-state index in [4.69, 9.17) is 0 Å². The van der Waals surface area contributed by atoms with Crippen LogP contribution in [0.15, 0.2) is 18.2 Å². The molecule has 0 bridgehead atoms. The predicted octanol–water partition coefficient (Wildman–Crippen LogP) is 0.898. The number of halogens is 1. The first-order valence-corrected chi connectivity index (χ1v) is 5.58. The van der Waals surface area contributed by atoms with Gasteiger partial charge in [-0.05, 0) is 30.2 Å². The number of H-pyrrole nitrogens is 1. The molecule has 0 unspecified atom stereocenters. The van der Waals surface area contributed by atoms with Crippen molar-refractivity contribution in [3.63, 3.8) is 0 Å². The minimum absolute atomic E-state index is 0.0362. The van der Waals surface area contributed by atoms with E-state index >= 15 is 0 Å². The maximum Gasteiger partial charge on any atom is 0.254 e. The van der Waals surface area contributed by atoms with Crippen molar-refractivity contribution in [1.29, 1.82) is 0 Å². The summed E-state index contributed by atoms with van der Waals surface area (Å²) >= 11 is 0. The number of hydrogen-bond acceptors (Lipinski definition) is 4. The van der Waals surface area contributed by atoms with E-state index in [2.05, 4.69) is 25.9 Å². The summed E-state index contributed by atoms with van der Waals surface area (Å²) in [6.45, 7) is 0. The van der Waals surface area contributed by atoms with Crippen molar-refractivity contribution in [3.8, 4) is 11.4 Å². The SMILES string of the molecule is O=C(NC1CC1)c1ccc(-c2nn[nH]n2)cc1F. The highest BCUT2D eigenvalue weighted by Gasteiger charge is 2.25. The van der Waals surface area contributed by atoms with E-state index in [-0.39, 0.29) is 17.5 Å². The van der Waals surface area contributed by atoms with Gasteiger partial charge in [0.1, 0.15) is 5.82 Å². The molecule has 92 valence electrons. The molecular formula is C11H10FN5O. The van der Waals surface area contributed by atoms with Crippen molar-refractivity contribution in [1.82, 2.24) is 25.9 Å². The Bertz CT molecular complexity index is 579. The molecule has 2 aromatic rings. The summed E-state index contributed by atoms with van der Waals surface area (Å²) in [5, 5.41) is 15.9. The van der Waals surface area contributed by atoms with E-state index in [1.165, 1.54) is 12.1 Å². The Kier molecular flexibility index (Phi) is 2.51. The molecule has 6 nitrogen and oxygen atoms in total. The summed E-state index contributed by atoms with van der Waals surface area (Å²) in [5.74, 6) is -0.673. The number of carbonyl (C=O) groups excluding carboxylic acids is 1. The lowest BCUT2D eigenvalue weighted by Crippen LogP contribution is -2.26. The maximum absolute atomic E-state index is 13.8. The Morgan fingerprint density at radius 3 is 2.89 bits per heavy atom. The smallest absolute Gasteiger partial charge is 0.254 e. The zero-order valence-electron chi connectivity index (χ0n) is 9.35. The van der Waals surface area contributed by atoms with Gasteiger partial charge >= 0.3 is 0 Å². The number of aromatic amines is 1. The summed E-state index contributed by atoms with van der Waals surface area (Å²) in [6.07, 6.45) is 1.93. The normalized spacial score (nSPS) is 14.5. The summed E-state index contributed by atoms with van der Waals surface area (Å²) in [5.41, 5.74) is 0.512. The molecule has 0 spiro atoms. The van der Waals surface area contributed by atoms with Gasteiger partial charge in [0.2, 0.25) is 5.82 Å². The van der Waals surface area contributed by atoms with Crippen LogP contribution in [0.2, 0.25) is 0 Å². The number of nitrogens with zero attached hydrogens (tertiary/aromatic N) is 3. The fourth-order valence-electron chi connectivity index (χ4n) is 1.61. The van der Waals surface area contributed by atoms with Crippen LogP contribution in [-0.2, 0) is 0 Å². The van der Waals surface area contributed by atoms with Crippen molar-refractivity contribution in [3.05, 3.63) is 29.6 Å². The molecule has 1 aliphatic carbocycles. The Balaban J connectivity index is 1.86. The maximum atomic E-state index is 13.8. The van der Waals surface area contributed by atoms with Gasteiger partial charge in [-0.15, -0.1) is 10.2 Å². The lowest BCUT2D eigenvalue weighted by molar-refractivity contribution is 0.0947. The Labute approximate surface area is 102 Å². The topological polar surface area (TPSA) is 83.6 Å². The van der Waals surface area contributed by atoms with E-state index < -0.39 is 5.82 Å². The van der Waals surface area contributed by atoms with E-state index in [0.717, 1.165) is 12.8 Å². The van der Waals surface area contributed by atoms with Crippen LogP contribution >= 0.6 is 0 Å². The van der Waals surface area contributed by atoms with Gasteiger partial charge in [-0.25, -0.2) is 4.39 Å². The molecule has 7 heteroatoms. The summed E-state index contributed by atoms with van der Waals surface area (Å²) in [7, 11) is 0. The highest BCUT2D eigenvalue weighted by atomic mass is 19.1. The van der Waals surface area contributed by atoms with Gasteiger partial charge in [0.15, 0.2) is 0 Å². The molecule has 0 aliphatic heterocycles. The highest BCUT2D eigenvalue weighted by molar-refractivity contribution is 5.95. The lowest BCUT2D eigenvalue weighted by atomic mass is 10.1. The van der Waals surface area contributed by atoms with Gasteiger partial charge in [0, 0.05) is 11.6 Å². The largest absolute Gasteiger partial charge is 0.349 e. The summed E-state index contributed by atoms with van der Waals surface area (Å²) in [6, 6.07) is 4.45. The van der Waals surface area contributed by atoms with E-state index in [0.29, 0.717) is 11.4 Å². The second-order valence-electron chi connectivity index (χ2n) is 4.18. The summed E-state index contributed by atoms with van der Waals surface area (Å²) < 4.78 is 13.8. The van der Waals surface area contributed by atoms with Crippen LogP contribution in [0.3, 0.4) is 0 Å². The van der Waals surface area contributed by atoms with E-state index in [9.17, 15) is 9.18 Å². The van der Waals surface area contributed by atoms with Crippen molar-refractivity contribution >= 4 is 5.91 Å². The predicted molar refractivity (Wildman–Crippen MR) is 60.1 cm³/mol. The number of aromatic nitrogens is 4. The molecule has 3 rings (SSSR count). The number of carbonyl (C=O) groups is 1. The van der Waals surface area contributed by atoms with E-state index in [1.54, 1.807) is 6.07 Å². The first-order chi connectivity index (χ1) is 8.74. The second-order valence-corrected chi connectivity index (χ2v) is 4.18. The monoisotopic (exact) mass is 247 g/mol. The van der Waals surface area contributed by atoms with Crippen molar-refractivity contribution in [2.75, 3.05) is 0 Å². The molecule has 0 radical (unpaired) electrons. The molecule has 0 saturated heterocycles. The van der Waals surface area contributed by atoms with Crippen LogP contribution in [0.5, 0.6) is 0 Å². The number of nitrogens with one attached hydrogen (secondary N) is 2. The Morgan fingerprint density at radius 2 is 2.28 bits per heavy atom. The number of benzene rings is 1. The van der Waals surface area contributed by atoms with Crippen LogP contribution in [0, 0.1) is 5.82 Å². The van der Waals surface area contributed by atoms with Gasteiger partial charge in [0.25, 0.3) is 5.91 Å². The minimum Gasteiger partial charge on any atom is -0.349 e. The summed E-state index contributed by atoms with van der Waals surface area (Å²) in [4.78, 5) is 11.7. The molecule has 1 heterocycles. The third-order valence-electron chi connectivity index (χ3n) is 2.73. The van der Waals surface area contributed by atoms with Crippen LogP contribution in [0.25, 0.3) is 11.4 Å². The zero-order chi connectivity index (χ0) is 12.5. The van der Waals surface area contributed by atoms with Crippen molar-refractivity contribution in [2.24, 2.45) is 0 Å². The number of tetrazole rings is 1. The molecule has 18 heavy (non-hydrogen) atoms. The average Bonchev–Trinajstić information content (AvgIpc) is 3.00. The third kappa shape index (κ3) is 2.06. The lowest BCUT2D eigenvalue weighted by Gasteiger charge is -2.05. The van der Waals surface area contributed by atoms with E-state index in [1.807, 2.05) is 0 Å². The molecule has 0 atom stereocenters. The first-order valence-electron chi connectivity index (χ1n) is 5.58. The molecule has 1 fully saturated rings. The number of rotatable bonds is 3. The molecular weight excluding hydrogens is 237 g/mol. The van der Waals surface area contributed by atoms with Gasteiger partial charge in [-0.1, -0.05) is 6.07 Å². The standard InChI is InChI=1S/C11H10FN5O/c12-9-5-6(10-14-16-17-15-10)1-4-8(9)11(18)13-7-2-3-7/h1,4-5,7H,2-3H2,(H,13,18)(H,14,15,16,17). The average molecular weight is 247 g/mol. The zero-order valence-corrected chi connectivity index (χ0v) is 9.35. The molecule has 2 N–H and O–H groups in total. The Hall–Kier alpha value is -2.31. The van der Waals surface area contributed by atoms with Gasteiger partial charge in [-0.2, -0.15) is 5.21 Å². The third-order valence-corrected chi connectivity index (χ3v) is 2.73. The van der Waals surface area contributed by atoms with Crippen molar-refractivity contribution < 1.29 is 9.18 Å². The van der Waals surface area contributed by atoms with Gasteiger partial charge < -0.3 is 5.32 Å². The molecule has 1 saturated carbocycles. The van der Waals surface area contributed by atoms with Crippen LogP contribution in [0.4, 0.5) is 4.39 Å². The van der Waals surface area contributed by atoms with Crippen LogP contribution in [0.1, 0.15) is 23.2 Å². The minimum atomic E-state index is -0.588. The first kappa shape index (κ1) is 10.8. The quantitative estimate of drug-likeness (QED) is 0.844. The Morgan fingerprint density at radius 1 is 1.44 bits per heavy atom. The second kappa shape index (κ2) is 4.17. The molecule has 1 aliphatic rings. The fraction of sp³-hybridized carbons (Fsp3) is 0.273. The van der Waals surface area contributed by atoms with Crippen LogP contribution < -0.4 is 5.32 Å². The fourth-order valence-corrected chi connectivity index (χ4v) is 1.61. The number of hydrogen-bond donors (Lipinski definition) is 2. The molecule has 1 aromatic heterocycles. The number of amides is 1.